The van der Waals surface area contributed by atoms with Crippen molar-refractivity contribution in [2.75, 3.05) is 6.61 Å². The molecule has 0 spiro atoms. The molecule has 0 saturated heterocycles. The van der Waals surface area contributed by atoms with Gasteiger partial charge in [-0.15, -0.1) is 0 Å². The van der Waals surface area contributed by atoms with Crippen LogP contribution in [0.3, 0.4) is 0 Å². The van der Waals surface area contributed by atoms with Gasteiger partial charge >= 0.3 is 0 Å². The highest BCUT2D eigenvalue weighted by atomic mass is 79.9. The van der Waals surface area contributed by atoms with Gasteiger partial charge in [-0.3, -0.25) is 0 Å². The number of aliphatic hydroxyl groups is 1. The monoisotopic (exact) mass is 361 g/mol. The minimum absolute atomic E-state index is 0.0732. The van der Waals surface area contributed by atoms with Crippen LogP contribution in [0.25, 0.3) is 0 Å². The lowest BCUT2D eigenvalue weighted by Gasteiger charge is -2.15. The summed E-state index contributed by atoms with van der Waals surface area (Å²) in [6.45, 7) is 2.57. The second-order valence-electron chi connectivity index (χ2n) is 4.55. The SMILES string of the molecule is CCOc1cc(CO)cc(Br)c1OCc1ccccc1C#N. The van der Waals surface area contributed by atoms with E-state index in [1.165, 1.54) is 0 Å². The molecule has 0 aliphatic heterocycles. The average molecular weight is 362 g/mol. The molecule has 0 amide bonds. The van der Waals surface area contributed by atoms with E-state index in [0.29, 0.717) is 28.1 Å². The highest BCUT2D eigenvalue weighted by Crippen LogP contribution is 2.37. The Labute approximate surface area is 138 Å². The molecule has 5 heteroatoms. The molecule has 0 saturated carbocycles. The van der Waals surface area contributed by atoms with Crippen LogP contribution in [-0.2, 0) is 13.2 Å². The van der Waals surface area contributed by atoms with Crippen molar-refractivity contribution in [3.05, 3.63) is 57.6 Å². The molecule has 2 rings (SSSR count). The topological polar surface area (TPSA) is 62.5 Å². The zero-order valence-corrected chi connectivity index (χ0v) is 13.8. The van der Waals surface area contributed by atoms with E-state index in [9.17, 15) is 5.11 Å². The van der Waals surface area contributed by atoms with Gasteiger partial charge in [-0.2, -0.15) is 5.26 Å². The van der Waals surface area contributed by atoms with E-state index >= 15 is 0 Å². The number of nitrogens with zero attached hydrogens (tertiary/aromatic N) is 1. The Balaban J connectivity index is 2.27. The maximum Gasteiger partial charge on any atom is 0.175 e. The van der Waals surface area contributed by atoms with Crippen molar-refractivity contribution >= 4 is 15.9 Å². The van der Waals surface area contributed by atoms with Crippen molar-refractivity contribution in [1.82, 2.24) is 0 Å². The van der Waals surface area contributed by atoms with Crippen LogP contribution in [0.15, 0.2) is 40.9 Å². The van der Waals surface area contributed by atoms with E-state index in [1.807, 2.05) is 25.1 Å². The lowest BCUT2D eigenvalue weighted by Crippen LogP contribution is -2.02. The first-order chi connectivity index (χ1) is 10.7. The van der Waals surface area contributed by atoms with E-state index in [-0.39, 0.29) is 13.2 Å². The summed E-state index contributed by atoms with van der Waals surface area (Å²) in [6, 6.07) is 13.0. The van der Waals surface area contributed by atoms with E-state index in [2.05, 4.69) is 22.0 Å². The van der Waals surface area contributed by atoms with Crippen molar-refractivity contribution in [3.8, 4) is 17.6 Å². The van der Waals surface area contributed by atoms with Crippen molar-refractivity contribution in [1.29, 1.82) is 5.26 Å². The molecular formula is C17H16BrNO3. The van der Waals surface area contributed by atoms with Crippen LogP contribution in [-0.4, -0.2) is 11.7 Å². The van der Waals surface area contributed by atoms with Crippen LogP contribution in [0, 0.1) is 11.3 Å². The van der Waals surface area contributed by atoms with Gasteiger partial charge in [0, 0.05) is 5.56 Å². The molecule has 0 radical (unpaired) electrons. The molecule has 0 aliphatic rings. The van der Waals surface area contributed by atoms with Crippen LogP contribution < -0.4 is 9.47 Å². The normalized spacial score (nSPS) is 10.1. The van der Waals surface area contributed by atoms with Gasteiger partial charge < -0.3 is 14.6 Å². The van der Waals surface area contributed by atoms with Gasteiger partial charge in [-0.05, 0) is 46.6 Å². The van der Waals surface area contributed by atoms with Crippen LogP contribution in [0.2, 0.25) is 0 Å². The fourth-order valence-corrected chi connectivity index (χ4v) is 2.62. The zero-order valence-electron chi connectivity index (χ0n) is 12.2. The van der Waals surface area contributed by atoms with Gasteiger partial charge in [0.2, 0.25) is 0 Å². The zero-order chi connectivity index (χ0) is 15.9. The smallest absolute Gasteiger partial charge is 0.175 e. The molecule has 0 atom stereocenters. The average Bonchev–Trinajstić information content (AvgIpc) is 2.54. The summed E-state index contributed by atoms with van der Waals surface area (Å²) in [5.41, 5.74) is 2.13. The number of ether oxygens (including phenoxy) is 2. The van der Waals surface area contributed by atoms with Crippen LogP contribution in [0.5, 0.6) is 11.5 Å². The summed E-state index contributed by atoms with van der Waals surface area (Å²) in [4.78, 5) is 0. The molecule has 0 unspecified atom stereocenters. The number of nitriles is 1. The molecule has 0 aliphatic carbocycles. The minimum atomic E-state index is -0.0732. The Bertz CT molecular complexity index is 695. The summed E-state index contributed by atoms with van der Waals surface area (Å²) in [7, 11) is 0. The second-order valence-corrected chi connectivity index (χ2v) is 5.41. The van der Waals surface area contributed by atoms with Crippen LogP contribution >= 0.6 is 15.9 Å². The molecule has 2 aromatic rings. The molecule has 22 heavy (non-hydrogen) atoms. The van der Waals surface area contributed by atoms with Crippen molar-refractivity contribution in [3.63, 3.8) is 0 Å². The molecular weight excluding hydrogens is 346 g/mol. The lowest BCUT2D eigenvalue weighted by atomic mass is 10.1. The lowest BCUT2D eigenvalue weighted by molar-refractivity contribution is 0.262. The van der Waals surface area contributed by atoms with Gasteiger partial charge in [0.15, 0.2) is 11.5 Å². The van der Waals surface area contributed by atoms with E-state index < -0.39 is 0 Å². The Morgan fingerprint density at radius 1 is 1.23 bits per heavy atom. The van der Waals surface area contributed by atoms with Gasteiger partial charge in [-0.25, -0.2) is 0 Å². The maximum atomic E-state index is 9.27. The Morgan fingerprint density at radius 2 is 2.00 bits per heavy atom. The molecule has 2 aromatic carbocycles. The van der Waals surface area contributed by atoms with Gasteiger partial charge in [0.25, 0.3) is 0 Å². The predicted molar refractivity (Wildman–Crippen MR) is 86.7 cm³/mol. The standard InChI is InChI=1S/C17H16BrNO3/c1-2-21-16-8-12(10-20)7-15(18)17(16)22-11-14-6-4-3-5-13(14)9-19/h3-8,20H,2,10-11H2,1H3. The fourth-order valence-electron chi connectivity index (χ4n) is 2.02. The first-order valence-corrected chi connectivity index (χ1v) is 7.65. The molecule has 0 bridgehead atoms. The molecule has 4 nitrogen and oxygen atoms in total. The molecule has 114 valence electrons. The molecule has 1 N–H and O–H groups in total. The molecule has 0 fully saturated rings. The number of rotatable bonds is 6. The largest absolute Gasteiger partial charge is 0.490 e. The first kappa shape index (κ1) is 16.3. The first-order valence-electron chi connectivity index (χ1n) is 6.86. The van der Waals surface area contributed by atoms with Crippen molar-refractivity contribution in [2.45, 2.75) is 20.1 Å². The summed E-state index contributed by atoms with van der Waals surface area (Å²) < 4.78 is 12.1. The van der Waals surface area contributed by atoms with Crippen LogP contribution in [0.4, 0.5) is 0 Å². The van der Waals surface area contributed by atoms with E-state index in [4.69, 9.17) is 14.7 Å². The van der Waals surface area contributed by atoms with E-state index in [0.717, 1.165) is 11.1 Å². The predicted octanol–water partition coefficient (Wildman–Crippen LogP) is 3.79. The number of halogens is 1. The summed E-state index contributed by atoms with van der Waals surface area (Å²) in [5, 5.41) is 18.4. The third-order valence-corrected chi connectivity index (χ3v) is 3.65. The number of hydrogen-bond donors (Lipinski definition) is 1. The van der Waals surface area contributed by atoms with E-state index in [1.54, 1.807) is 18.2 Å². The maximum absolute atomic E-state index is 9.27. The number of benzene rings is 2. The summed E-state index contributed by atoms with van der Waals surface area (Å²) in [6.07, 6.45) is 0. The van der Waals surface area contributed by atoms with Crippen LogP contribution in [0.1, 0.15) is 23.6 Å². The second kappa shape index (κ2) is 7.83. The van der Waals surface area contributed by atoms with Gasteiger partial charge in [0.05, 0.1) is 29.3 Å². The minimum Gasteiger partial charge on any atom is -0.490 e. The summed E-state index contributed by atoms with van der Waals surface area (Å²) >= 11 is 3.44. The van der Waals surface area contributed by atoms with Gasteiger partial charge in [0.1, 0.15) is 6.61 Å². The molecule has 0 heterocycles. The third-order valence-electron chi connectivity index (χ3n) is 3.06. The quantitative estimate of drug-likeness (QED) is 0.849. The van der Waals surface area contributed by atoms with Gasteiger partial charge in [-0.1, -0.05) is 18.2 Å². The highest BCUT2D eigenvalue weighted by molar-refractivity contribution is 9.10. The highest BCUT2D eigenvalue weighted by Gasteiger charge is 2.13. The van der Waals surface area contributed by atoms with Crippen molar-refractivity contribution in [2.24, 2.45) is 0 Å². The number of hydrogen-bond acceptors (Lipinski definition) is 4. The third kappa shape index (κ3) is 3.79. The number of aliphatic hydroxyl groups excluding tert-OH is 1. The fraction of sp³-hybridized carbons (Fsp3) is 0.235. The Kier molecular flexibility index (Phi) is 5.82. The molecule has 0 aromatic heterocycles. The summed E-state index contributed by atoms with van der Waals surface area (Å²) in [5.74, 6) is 1.13. The Morgan fingerprint density at radius 3 is 2.68 bits per heavy atom. The van der Waals surface area contributed by atoms with Crippen molar-refractivity contribution < 1.29 is 14.6 Å². The Hall–Kier alpha value is -2.03.